The molecule has 0 atom stereocenters. The molecule has 0 spiro atoms. The molecule has 0 amide bonds. The lowest BCUT2D eigenvalue weighted by molar-refractivity contribution is 0.723. The second-order valence-corrected chi connectivity index (χ2v) is 4.80. The van der Waals surface area contributed by atoms with Gasteiger partial charge in [-0.1, -0.05) is 19.1 Å². The quantitative estimate of drug-likeness (QED) is 0.838. The van der Waals surface area contributed by atoms with E-state index >= 15 is 0 Å². The van der Waals surface area contributed by atoms with E-state index in [-0.39, 0.29) is 0 Å². The van der Waals surface area contributed by atoms with Crippen molar-refractivity contribution in [3.05, 3.63) is 54.0 Å². The van der Waals surface area contributed by atoms with E-state index in [1.807, 2.05) is 24.5 Å². The van der Waals surface area contributed by atoms with Gasteiger partial charge in [-0.3, -0.25) is 4.98 Å². The summed E-state index contributed by atoms with van der Waals surface area (Å²) in [5.41, 5.74) is 2.33. The minimum atomic E-state index is 0.876. The van der Waals surface area contributed by atoms with Crippen LogP contribution in [-0.2, 0) is 13.0 Å². The largest absolute Gasteiger partial charge is 0.359 e. The highest BCUT2D eigenvalue weighted by atomic mass is 15.2. The van der Waals surface area contributed by atoms with Crippen LogP contribution in [0.2, 0.25) is 0 Å². The lowest BCUT2D eigenvalue weighted by Gasteiger charge is -2.18. The average molecular weight is 270 g/mol. The summed E-state index contributed by atoms with van der Waals surface area (Å²) in [6.07, 6.45) is 4.70. The number of nitrogens with one attached hydrogen (secondary N) is 1. The predicted molar refractivity (Wildman–Crippen MR) is 82.8 cm³/mol. The van der Waals surface area contributed by atoms with Crippen LogP contribution in [0.3, 0.4) is 0 Å². The molecule has 2 aromatic rings. The van der Waals surface area contributed by atoms with E-state index < -0.39 is 0 Å². The number of nitrogens with zero attached hydrogens (tertiary/aromatic N) is 3. The SMILES string of the molecule is CCNCc1ccc(N(C)CCc2ccccn2)nc1. The molecule has 0 aliphatic carbocycles. The Morgan fingerprint density at radius 3 is 2.70 bits per heavy atom. The maximum Gasteiger partial charge on any atom is 0.128 e. The molecular weight excluding hydrogens is 248 g/mol. The Bertz CT molecular complexity index is 496. The summed E-state index contributed by atoms with van der Waals surface area (Å²) < 4.78 is 0. The second kappa shape index (κ2) is 7.60. The van der Waals surface area contributed by atoms with Gasteiger partial charge in [-0.05, 0) is 30.3 Å². The molecule has 0 saturated carbocycles. The first-order valence-electron chi connectivity index (χ1n) is 7.06. The van der Waals surface area contributed by atoms with Gasteiger partial charge in [0.1, 0.15) is 5.82 Å². The molecule has 0 saturated heterocycles. The van der Waals surface area contributed by atoms with E-state index in [0.29, 0.717) is 0 Å². The average Bonchev–Trinajstić information content (AvgIpc) is 2.52. The van der Waals surface area contributed by atoms with Crippen LogP contribution in [0.4, 0.5) is 5.82 Å². The molecule has 1 N–H and O–H groups in total. The molecule has 4 heteroatoms. The van der Waals surface area contributed by atoms with Crippen LogP contribution in [0.5, 0.6) is 0 Å². The summed E-state index contributed by atoms with van der Waals surface area (Å²) in [6, 6.07) is 10.2. The van der Waals surface area contributed by atoms with Gasteiger partial charge in [0.25, 0.3) is 0 Å². The molecule has 0 unspecified atom stereocenters. The first-order chi connectivity index (χ1) is 9.79. The molecule has 0 fully saturated rings. The molecule has 0 bridgehead atoms. The molecule has 20 heavy (non-hydrogen) atoms. The number of likely N-dealkylation sites (N-methyl/N-ethyl adjacent to an activating group) is 1. The third-order valence-electron chi connectivity index (χ3n) is 3.21. The van der Waals surface area contributed by atoms with Crippen LogP contribution < -0.4 is 10.2 Å². The maximum absolute atomic E-state index is 4.51. The van der Waals surface area contributed by atoms with Crippen molar-refractivity contribution in [1.82, 2.24) is 15.3 Å². The zero-order valence-electron chi connectivity index (χ0n) is 12.2. The Morgan fingerprint density at radius 1 is 1.15 bits per heavy atom. The van der Waals surface area contributed by atoms with Crippen LogP contribution in [-0.4, -0.2) is 30.1 Å². The summed E-state index contributed by atoms with van der Waals surface area (Å²) in [4.78, 5) is 11.0. The van der Waals surface area contributed by atoms with Gasteiger partial charge in [0.15, 0.2) is 0 Å². The molecular formula is C16H22N4. The van der Waals surface area contributed by atoms with Crippen molar-refractivity contribution in [3.8, 4) is 0 Å². The topological polar surface area (TPSA) is 41.0 Å². The number of aromatic nitrogens is 2. The highest BCUT2D eigenvalue weighted by molar-refractivity contribution is 5.38. The molecule has 2 heterocycles. The Morgan fingerprint density at radius 2 is 2.05 bits per heavy atom. The number of hydrogen-bond donors (Lipinski definition) is 1. The fourth-order valence-electron chi connectivity index (χ4n) is 1.96. The van der Waals surface area contributed by atoms with Crippen molar-refractivity contribution >= 4 is 5.82 Å². The highest BCUT2D eigenvalue weighted by Gasteiger charge is 2.03. The van der Waals surface area contributed by atoms with Crippen molar-refractivity contribution in [3.63, 3.8) is 0 Å². The van der Waals surface area contributed by atoms with Crippen molar-refractivity contribution < 1.29 is 0 Å². The van der Waals surface area contributed by atoms with Gasteiger partial charge in [0.2, 0.25) is 0 Å². The molecule has 0 radical (unpaired) electrons. The third kappa shape index (κ3) is 4.31. The lowest BCUT2D eigenvalue weighted by Crippen LogP contribution is -2.21. The summed E-state index contributed by atoms with van der Waals surface area (Å²) in [6.45, 7) is 4.87. The fourth-order valence-corrected chi connectivity index (χ4v) is 1.96. The van der Waals surface area contributed by atoms with Crippen molar-refractivity contribution in [2.24, 2.45) is 0 Å². The van der Waals surface area contributed by atoms with E-state index in [1.54, 1.807) is 0 Å². The van der Waals surface area contributed by atoms with E-state index in [9.17, 15) is 0 Å². The first kappa shape index (κ1) is 14.5. The van der Waals surface area contributed by atoms with Crippen LogP contribution in [0, 0.1) is 0 Å². The number of hydrogen-bond acceptors (Lipinski definition) is 4. The van der Waals surface area contributed by atoms with Gasteiger partial charge in [0.05, 0.1) is 0 Å². The van der Waals surface area contributed by atoms with E-state index in [1.165, 1.54) is 5.56 Å². The minimum Gasteiger partial charge on any atom is -0.359 e. The van der Waals surface area contributed by atoms with Gasteiger partial charge >= 0.3 is 0 Å². The third-order valence-corrected chi connectivity index (χ3v) is 3.21. The van der Waals surface area contributed by atoms with Crippen molar-refractivity contribution in [2.75, 3.05) is 25.0 Å². The Hall–Kier alpha value is -1.94. The smallest absolute Gasteiger partial charge is 0.128 e. The Labute approximate surface area is 120 Å². The predicted octanol–water partition coefficient (Wildman–Crippen LogP) is 2.27. The Kier molecular flexibility index (Phi) is 5.50. The number of rotatable bonds is 7. The second-order valence-electron chi connectivity index (χ2n) is 4.80. The summed E-state index contributed by atoms with van der Waals surface area (Å²) >= 11 is 0. The summed E-state index contributed by atoms with van der Waals surface area (Å²) in [5, 5.41) is 3.30. The summed E-state index contributed by atoms with van der Waals surface area (Å²) in [7, 11) is 2.06. The maximum atomic E-state index is 4.51. The number of anilines is 1. The molecule has 2 aromatic heterocycles. The van der Waals surface area contributed by atoms with Gasteiger partial charge in [-0.25, -0.2) is 4.98 Å². The molecule has 0 aliphatic heterocycles. The zero-order chi connectivity index (χ0) is 14.2. The standard InChI is InChI=1S/C16H22N4/c1-3-17-12-14-7-8-16(19-13-14)20(2)11-9-15-6-4-5-10-18-15/h4-8,10,13,17H,3,9,11-12H2,1-2H3. The molecule has 4 nitrogen and oxygen atoms in total. The van der Waals surface area contributed by atoms with Crippen LogP contribution in [0.15, 0.2) is 42.7 Å². The van der Waals surface area contributed by atoms with Crippen molar-refractivity contribution in [1.29, 1.82) is 0 Å². The van der Waals surface area contributed by atoms with Crippen LogP contribution >= 0.6 is 0 Å². The first-order valence-corrected chi connectivity index (χ1v) is 7.06. The fraction of sp³-hybridized carbons (Fsp3) is 0.375. The lowest BCUT2D eigenvalue weighted by atomic mass is 10.2. The summed E-state index contributed by atoms with van der Waals surface area (Å²) in [5.74, 6) is 1.00. The van der Waals surface area contributed by atoms with Gasteiger partial charge in [-0.2, -0.15) is 0 Å². The highest BCUT2D eigenvalue weighted by Crippen LogP contribution is 2.10. The monoisotopic (exact) mass is 270 g/mol. The van der Waals surface area contributed by atoms with Gasteiger partial charge in [-0.15, -0.1) is 0 Å². The minimum absolute atomic E-state index is 0.876. The van der Waals surface area contributed by atoms with Crippen LogP contribution in [0.25, 0.3) is 0 Å². The Balaban J connectivity index is 1.87. The van der Waals surface area contributed by atoms with Crippen LogP contribution in [0.1, 0.15) is 18.2 Å². The van der Waals surface area contributed by atoms with Gasteiger partial charge in [0, 0.05) is 44.6 Å². The van der Waals surface area contributed by atoms with Gasteiger partial charge < -0.3 is 10.2 Å². The molecule has 106 valence electrons. The molecule has 0 aliphatic rings. The normalized spacial score (nSPS) is 10.5. The van der Waals surface area contributed by atoms with Crippen molar-refractivity contribution in [2.45, 2.75) is 19.9 Å². The van der Waals surface area contributed by atoms with E-state index in [2.05, 4.69) is 52.4 Å². The molecule has 2 rings (SSSR count). The molecule has 0 aromatic carbocycles. The van der Waals surface area contributed by atoms with E-state index in [4.69, 9.17) is 0 Å². The zero-order valence-corrected chi connectivity index (χ0v) is 12.2. The van der Waals surface area contributed by atoms with E-state index in [0.717, 1.165) is 37.6 Å². The number of pyridine rings is 2.